The third-order valence-corrected chi connectivity index (χ3v) is 3.85. The van der Waals surface area contributed by atoms with E-state index in [2.05, 4.69) is 10.6 Å². The Bertz CT molecular complexity index is 482. The van der Waals surface area contributed by atoms with Gasteiger partial charge in [-0.25, -0.2) is 4.79 Å². The number of rotatable bonds is 7. The van der Waals surface area contributed by atoms with E-state index in [9.17, 15) is 9.90 Å². The van der Waals surface area contributed by atoms with Crippen molar-refractivity contribution in [1.29, 1.82) is 0 Å². The lowest BCUT2D eigenvalue weighted by atomic mass is 10.0. The smallest absolute Gasteiger partial charge is 0.319 e. The molecule has 0 aromatic heterocycles. The molecule has 1 saturated carbocycles. The van der Waals surface area contributed by atoms with Crippen LogP contribution in [0, 0.1) is 5.92 Å². The molecular formula is C16H24N2O3. The van der Waals surface area contributed by atoms with Gasteiger partial charge in [0, 0.05) is 0 Å². The van der Waals surface area contributed by atoms with Crippen LogP contribution in [0.1, 0.15) is 33.1 Å². The van der Waals surface area contributed by atoms with E-state index < -0.39 is 5.54 Å². The standard InChI is InChI=1S/C16H24N2O3/c1-3-16(2,11-19)18-15(20)17-13-6-4-5-7-14(13)21-10-12-8-9-12/h4-7,12,19H,3,8-11H2,1-2H3,(H2,17,18,20). The van der Waals surface area contributed by atoms with Gasteiger partial charge in [0.15, 0.2) is 0 Å². The summed E-state index contributed by atoms with van der Waals surface area (Å²) in [5, 5.41) is 14.9. The van der Waals surface area contributed by atoms with Crippen molar-refractivity contribution in [2.45, 2.75) is 38.6 Å². The highest BCUT2D eigenvalue weighted by atomic mass is 16.5. The van der Waals surface area contributed by atoms with Gasteiger partial charge < -0.3 is 20.5 Å². The molecule has 0 spiro atoms. The largest absolute Gasteiger partial charge is 0.491 e. The van der Waals surface area contributed by atoms with E-state index in [1.165, 1.54) is 12.8 Å². The normalized spacial score (nSPS) is 16.9. The zero-order valence-corrected chi connectivity index (χ0v) is 12.7. The first-order chi connectivity index (χ1) is 10.1. The van der Waals surface area contributed by atoms with Crippen molar-refractivity contribution in [3.05, 3.63) is 24.3 Å². The van der Waals surface area contributed by atoms with Gasteiger partial charge in [-0.15, -0.1) is 0 Å². The maximum atomic E-state index is 12.1. The van der Waals surface area contributed by atoms with Gasteiger partial charge in [0.05, 0.1) is 24.4 Å². The molecule has 3 N–H and O–H groups in total. The van der Waals surface area contributed by atoms with E-state index >= 15 is 0 Å². The highest BCUT2D eigenvalue weighted by molar-refractivity contribution is 5.91. The second-order valence-corrected chi connectivity index (χ2v) is 5.90. The van der Waals surface area contributed by atoms with Gasteiger partial charge in [0.25, 0.3) is 0 Å². The summed E-state index contributed by atoms with van der Waals surface area (Å²) in [6, 6.07) is 7.06. The Hall–Kier alpha value is -1.75. The molecular weight excluding hydrogens is 268 g/mol. The van der Waals surface area contributed by atoms with Crippen LogP contribution >= 0.6 is 0 Å². The average molecular weight is 292 g/mol. The minimum Gasteiger partial charge on any atom is -0.491 e. The summed E-state index contributed by atoms with van der Waals surface area (Å²) in [5.74, 6) is 1.34. The van der Waals surface area contributed by atoms with Crippen LogP contribution in [0.4, 0.5) is 10.5 Å². The lowest BCUT2D eigenvalue weighted by Gasteiger charge is -2.27. The maximum Gasteiger partial charge on any atom is 0.319 e. The topological polar surface area (TPSA) is 70.6 Å². The molecule has 2 rings (SSSR count). The van der Waals surface area contributed by atoms with Gasteiger partial charge in [-0.05, 0) is 44.2 Å². The Morgan fingerprint density at radius 1 is 1.43 bits per heavy atom. The van der Waals surface area contributed by atoms with Crippen LogP contribution in [0.5, 0.6) is 5.75 Å². The molecule has 5 heteroatoms. The monoisotopic (exact) mass is 292 g/mol. The quantitative estimate of drug-likeness (QED) is 0.723. The number of para-hydroxylation sites is 2. The van der Waals surface area contributed by atoms with Crippen molar-refractivity contribution >= 4 is 11.7 Å². The number of aliphatic hydroxyl groups excluding tert-OH is 1. The predicted molar refractivity (Wildman–Crippen MR) is 82.6 cm³/mol. The molecule has 0 saturated heterocycles. The van der Waals surface area contributed by atoms with E-state index in [0.29, 0.717) is 30.4 Å². The zero-order valence-electron chi connectivity index (χ0n) is 12.7. The first kappa shape index (κ1) is 15.6. The second-order valence-electron chi connectivity index (χ2n) is 5.90. The van der Waals surface area contributed by atoms with Gasteiger partial charge in [-0.3, -0.25) is 0 Å². The molecule has 1 atom stereocenters. The molecule has 116 valence electrons. The molecule has 1 aliphatic carbocycles. The fourth-order valence-electron chi connectivity index (χ4n) is 1.86. The van der Waals surface area contributed by atoms with Gasteiger partial charge in [0.2, 0.25) is 0 Å². The van der Waals surface area contributed by atoms with E-state index in [4.69, 9.17) is 4.74 Å². The number of hydrogen-bond donors (Lipinski definition) is 3. The van der Waals surface area contributed by atoms with Crippen LogP contribution < -0.4 is 15.4 Å². The summed E-state index contributed by atoms with van der Waals surface area (Å²) in [7, 11) is 0. The summed E-state index contributed by atoms with van der Waals surface area (Å²) in [6.45, 7) is 4.33. The molecule has 0 bridgehead atoms. The molecule has 1 unspecified atom stereocenters. The highest BCUT2D eigenvalue weighted by Gasteiger charge is 2.24. The number of carbonyl (C=O) groups excluding carboxylic acids is 1. The lowest BCUT2D eigenvalue weighted by Crippen LogP contribution is -2.50. The van der Waals surface area contributed by atoms with Crippen LogP contribution in [-0.4, -0.2) is 29.9 Å². The van der Waals surface area contributed by atoms with E-state index in [1.807, 2.05) is 38.1 Å². The number of nitrogens with one attached hydrogen (secondary N) is 2. The molecule has 1 fully saturated rings. The van der Waals surface area contributed by atoms with Crippen molar-refractivity contribution in [1.82, 2.24) is 5.32 Å². The minimum absolute atomic E-state index is 0.100. The van der Waals surface area contributed by atoms with Crippen molar-refractivity contribution in [2.24, 2.45) is 5.92 Å². The van der Waals surface area contributed by atoms with Gasteiger partial charge in [-0.2, -0.15) is 0 Å². The van der Waals surface area contributed by atoms with Gasteiger partial charge >= 0.3 is 6.03 Å². The third-order valence-electron chi connectivity index (χ3n) is 3.85. The van der Waals surface area contributed by atoms with Crippen LogP contribution in [0.15, 0.2) is 24.3 Å². The Balaban J connectivity index is 1.96. The van der Waals surface area contributed by atoms with Crippen molar-refractivity contribution in [3.63, 3.8) is 0 Å². The Morgan fingerprint density at radius 3 is 2.76 bits per heavy atom. The number of urea groups is 1. The van der Waals surface area contributed by atoms with Crippen LogP contribution in [0.3, 0.4) is 0 Å². The van der Waals surface area contributed by atoms with E-state index in [-0.39, 0.29) is 12.6 Å². The molecule has 0 radical (unpaired) electrons. The second kappa shape index (κ2) is 6.80. The zero-order chi connectivity index (χ0) is 15.3. The highest BCUT2D eigenvalue weighted by Crippen LogP contribution is 2.31. The van der Waals surface area contributed by atoms with Crippen LogP contribution in [0.2, 0.25) is 0 Å². The first-order valence-electron chi connectivity index (χ1n) is 7.48. The van der Waals surface area contributed by atoms with Crippen LogP contribution in [0.25, 0.3) is 0 Å². The van der Waals surface area contributed by atoms with Crippen molar-refractivity contribution in [3.8, 4) is 5.75 Å². The SMILES string of the molecule is CCC(C)(CO)NC(=O)Nc1ccccc1OCC1CC1. The molecule has 5 nitrogen and oxygen atoms in total. The number of benzene rings is 1. The summed E-state index contributed by atoms with van der Waals surface area (Å²) in [5.41, 5.74) is 0.0282. The molecule has 2 amide bonds. The fraction of sp³-hybridized carbons (Fsp3) is 0.562. The van der Waals surface area contributed by atoms with Crippen molar-refractivity contribution < 1.29 is 14.6 Å². The molecule has 0 aliphatic heterocycles. The summed E-state index contributed by atoms with van der Waals surface area (Å²) in [6.07, 6.45) is 3.10. The predicted octanol–water partition coefficient (Wildman–Crippen LogP) is 2.76. The average Bonchev–Trinajstić information content (AvgIpc) is 3.30. The maximum absolute atomic E-state index is 12.1. The minimum atomic E-state index is -0.617. The number of hydrogen-bond acceptors (Lipinski definition) is 3. The Labute approximate surface area is 125 Å². The molecule has 21 heavy (non-hydrogen) atoms. The Kier molecular flexibility index (Phi) is 5.07. The van der Waals surface area contributed by atoms with Crippen LogP contribution in [-0.2, 0) is 0 Å². The van der Waals surface area contributed by atoms with Gasteiger partial charge in [0.1, 0.15) is 5.75 Å². The fourth-order valence-corrected chi connectivity index (χ4v) is 1.86. The number of carbonyl (C=O) groups is 1. The summed E-state index contributed by atoms with van der Waals surface area (Å²) in [4.78, 5) is 12.1. The molecule has 0 heterocycles. The molecule has 1 aromatic rings. The summed E-state index contributed by atoms with van der Waals surface area (Å²) >= 11 is 0. The van der Waals surface area contributed by atoms with E-state index in [1.54, 1.807) is 0 Å². The molecule has 1 aromatic carbocycles. The summed E-state index contributed by atoms with van der Waals surface area (Å²) < 4.78 is 5.75. The number of ether oxygens (including phenoxy) is 1. The lowest BCUT2D eigenvalue weighted by molar-refractivity contribution is 0.172. The first-order valence-corrected chi connectivity index (χ1v) is 7.48. The molecule has 1 aliphatic rings. The van der Waals surface area contributed by atoms with E-state index in [0.717, 1.165) is 0 Å². The number of aliphatic hydroxyl groups is 1. The third kappa shape index (κ3) is 4.63. The van der Waals surface area contributed by atoms with Crippen molar-refractivity contribution in [2.75, 3.05) is 18.5 Å². The Morgan fingerprint density at radius 2 is 2.14 bits per heavy atom. The van der Waals surface area contributed by atoms with Gasteiger partial charge in [-0.1, -0.05) is 19.1 Å². The number of amides is 2. The number of anilines is 1.